The van der Waals surface area contributed by atoms with E-state index in [-0.39, 0.29) is 11.1 Å². The highest BCUT2D eigenvalue weighted by atomic mass is 32.1. The lowest BCUT2D eigenvalue weighted by Gasteiger charge is -2.17. The predicted molar refractivity (Wildman–Crippen MR) is 362 cm³/mol. The third-order valence-corrected chi connectivity index (χ3v) is 19.3. The second-order valence-electron chi connectivity index (χ2n) is 22.6. The van der Waals surface area contributed by atoms with Gasteiger partial charge in [0.05, 0.1) is 21.4 Å². The van der Waals surface area contributed by atoms with E-state index in [9.17, 15) is 9.59 Å². The zero-order valence-electron chi connectivity index (χ0n) is 45.7. The minimum absolute atomic E-state index is 0.0145. The van der Waals surface area contributed by atoms with Crippen molar-refractivity contribution in [3.05, 3.63) is 300 Å². The Bertz CT molecular complexity index is 6060. The molecule has 394 valence electrons. The molecule has 0 N–H and O–H groups in total. The van der Waals surface area contributed by atoms with Gasteiger partial charge in [-0.3, -0.25) is 18.7 Å². The number of hydrogen-bond donors (Lipinski definition) is 0. The Labute approximate surface area is 490 Å². The van der Waals surface area contributed by atoms with Gasteiger partial charge >= 0.3 is 0 Å². The van der Waals surface area contributed by atoms with E-state index in [1.54, 1.807) is 11.3 Å². The molecule has 0 saturated carbocycles. The van der Waals surface area contributed by atoms with Crippen molar-refractivity contribution in [2.45, 2.75) is 0 Å². The first-order valence-electron chi connectivity index (χ1n) is 28.9. The summed E-state index contributed by atoms with van der Waals surface area (Å²) in [5, 5.41) is 22.2. The summed E-state index contributed by atoms with van der Waals surface area (Å²) in [5.74, 6) is 0. The second-order valence-corrected chi connectivity index (χ2v) is 23.6. The Kier molecular flexibility index (Phi) is 10.2. The molecule has 15 aromatic carbocycles. The first kappa shape index (κ1) is 47.6. The van der Waals surface area contributed by atoms with E-state index in [1.807, 2.05) is 81.9 Å². The molecule has 0 unspecified atom stereocenters. The van der Waals surface area contributed by atoms with E-state index in [4.69, 9.17) is 0 Å². The van der Waals surface area contributed by atoms with Crippen LogP contribution in [0.2, 0.25) is 0 Å². The lowest BCUT2D eigenvalue weighted by atomic mass is 9.89. The topological polar surface area (TPSA) is 44.0 Å². The van der Waals surface area contributed by atoms with Crippen molar-refractivity contribution in [2.24, 2.45) is 0 Å². The fourth-order valence-electron chi connectivity index (χ4n) is 14.1. The molecule has 0 saturated heterocycles. The van der Waals surface area contributed by atoms with Crippen molar-refractivity contribution in [3.8, 4) is 44.8 Å². The van der Waals surface area contributed by atoms with Crippen LogP contribution in [0.15, 0.2) is 289 Å². The molecule has 0 aliphatic carbocycles. The molecule has 0 amide bonds. The SMILES string of the molecule is O=c1c2ccc(-c3ccc4c5ccccc5c5ccccc5c4c3)cc2c2cc(-c3ccc4c5ccccc5c5cc(-c6ccc7sc8c(-n9c(=O)c%10ccccc%10c%10ccccc%109)cccc8c7c6)ccc5c4c3)ccc2n1-c1ccccc1. The van der Waals surface area contributed by atoms with Gasteiger partial charge in [-0.1, -0.05) is 194 Å². The molecule has 18 aromatic rings. The maximum Gasteiger partial charge on any atom is 0.263 e. The molecule has 0 aliphatic heterocycles. The van der Waals surface area contributed by atoms with Crippen LogP contribution in [-0.4, -0.2) is 9.13 Å². The third kappa shape index (κ3) is 7.08. The first-order valence-corrected chi connectivity index (χ1v) is 29.7. The zero-order valence-corrected chi connectivity index (χ0v) is 46.5. The summed E-state index contributed by atoms with van der Waals surface area (Å²) in [7, 11) is 0. The molecule has 3 heterocycles. The lowest BCUT2D eigenvalue weighted by molar-refractivity contribution is 1.06. The van der Waals surface area contributed by atoms with Gasteiger partial charge in [0.15, 0.2) is 0 Å². The summed E-state index contributed by atoms with van der Waals surface area (Å²) >= 11 is 1.74. The molecule has 0 fully saturated rings. The fraction of sp³-hybridized carbons (Fsp3) is 0. The van der Waals surface area contributed by atoms with Crippen LogP contribution < -0.4 is 11.1 Å². The Morgan fingerprint density at radius 2 is 0.565 bits per heavy atom. The highest BCUT2D eigenvalue weighted by Crippen LogP contribution is 2.44. The van der Waals surface area contributed by atoms with E-state index in [2.05, 4.69) is 206 Å². The van der Waals surface area contributed by atoms with Crippen LogP contribution in [0.4, 0.5) is 0 Å². The van der Waals surface area contributed by atoms with Crippen molar-refractivity contribution in [1.82, 2.24) is 9.13 Å². The summed E-state index contributed by atoms with van der Waals surface area (Å²) in [6, 6.07) is 99.2. The second kappa shape index (κ2) is 18.3. The number of benzene rings is 15. The number of pyridine rings is 2. The normalized spacial score (nSPS) is 12.1. The highest BCUT2D eigenvalue weighted by Gasteiger charge is 2.20. The van der Waals surface area contributed by atoms with Crippen LogP contribution >= 0.6 is 11.3 Å². The van der Waals surface area contributed by atoms with E-state index in [0.29, 0.717) is 10.8 Å². The number of para-hydroxylation sites is 2. The molecule has 85 heavy (non-hydrogen) atoms. The minimum Gasteiger partial charge on any atom is -0.276 e. The van der Waals surface area contributed by atoms with E-state index in [1.165, 1.54) is 74.7 Å². The predicted octanol–water partition coefficient (Wildman–Crippen LogP) is 20.9. The highest BCUT2D eigenvalue weighted by molar-refractivity contribution is 7.26. The van der Waals surface area contributed by atoms with Gasteiger partial charge in [0.1, 0.15) is 0 Å². The summed E-state index contributed by atoms with van der Waals surface area (Å²) in [4.78, 5) is 29.3. The molecule has 4 nitrogen and oxygen atoms in total. The van der Waals surface area contributed by atoms with Crippen LogP contribution in [0.1, 0.15) is 0 Å². The van der Waals surface area contributed by atoms with Crippen LogP contribution in [0, 0.1) is 0 Å². The molecule has 0 spiro atoms. The standard InChI is InChI=1S/C80H46N2O2S/c83-79-67-38-32-50(47-29-35-61-56-19-5-4-17-54(56)55-18-6-8-21-58(55)68(61)41-47)44-71(67)72-45-51(33-39-75(72)81(79)53-15-2-1-3-16-53)48-30-36-62-57-20-7-9-22-59(57)69-42-49(31-37-63(69)70(62)43-48)52-34-40-77-73(46-52)65-26-14-28-76(78(65)85-77)82-74-27-13-12-24-64(74)60-23-10-11-25-66(60)80(82)84/h1-46H. The van der Waals surface area contributed by atoms with Crippen LogP contribution in [-0.2, 0) is 0 Å². The fourth-order valence-corrected chi connectivity index (χ4v) is 15.3. The molecule has 0 radical (unpaired) electrons. The van der Waals surface area contributed by atoms with Crippen molar-refractivity contribution in [2.75, 3.05) is 0 Å². The number of rotatable bonds is 5. The minimum atomic E-state index is -0.0473. The maximum absolute atomic E-state index is 14.9. The third-order valence-electron chi connectivity index (χ3n) is 18.1. The van der Waals surface area contributed by atoms with Crippen molar-refractivity contribution >= 4 is 139 Å². The molecule has 5 heteroatoms. The van der Waals surface area contributed by atoms with E-state index >= 15 is 0 Å². The Hall–Kier alpha value is -11.0. The molecule has 18 rings (SSSR count). The van der Waals surface area contributed by atoms with Gasteiger partial charge in [0.2, 0.25) is 0 Å². The molecule has 0 bridgehead atoms. The van der Waals surface area contributed by atoms with E-state index < -0.39 is 0 Å². The number of hydrogen-bond acceptors (Lipinski definition) is 3. The van der Waals surface area contributed by atoms with Crippen LogP contribution in [0.5, 0.6) is 0 Å². The van der Waals surface area contributed by atoms with Gasteiger partial charge in [0, 0.05) is 42.7 Å². The number of thiophene rings is 1. The average Bonchev–Trinajstić information content (AvgIpc) is 2.59. The van der Waals surface area contributed by atoms with Gasteiger partial charge in [-0.05, 0) is 194 Å². The summed E-state index contributed by atoms with van der Waals surface area (Å²) in [6.07, 6.45) is 0. The van der Waals surface area contributed by atoms with Gasteiger partial charge in [-0.25, -0.2) is 0 Å². The smallest absolute Gasteiger partial charge is 0.263 e. The Morgan fingerprint density at radius 3 is 1.12 bits per heavy atom. The van der Waals surface area contributed by atoms with E-state index in [0.717, 1.165) is 87.4 Å². The van der Waals surface area contributed by atoms with Crippen molar-refractivity contribution < 1.29 is 0 Å². The van der Waals surface area contributed by atoms with Gasteiger partial charge in [0.25, 0.3) is 11.1 Å². The zero-order chi connectivity index (χ0) is 56.0. The Balaban J connectivity index is 0.786. The van der Waals surface area contributed by atoms with Gasteiger partial charge in [-0.2, -0.15) is 0 Å². The Morgan fingerprint density at radius 1 is 0.224 bits per heavy atom. The van der Waals surface area contributed by atoms with Gasteiger partial charge < -0.3 is 0 Å². The summed E-state index contributed by atoms with van der Waals surface area (Å²) in [5.41, 5.74) is 10.0. The average molecular weight is 1100 g/mol. The quantitative estimate of drug-likeness (QED) is 0.161. The van der Waals surface area contributed by atoms with Gasteiger partial charge in [-0.15, -0.1) is 11.3 Å². The largest absolute Gasteiger partial charge is 0.276 e. The van der Waals surface area contributed by atoms with Crippen LogP contribution in [0.25, 0.3) is 173 Å². The molecule has 0 atom stereocenters. The monoisotopic (exact) mass is 1100 g/mol. The lowest BCUT2D eigenvalue weighted by Crippen LogP contribution is -2.19. The number of nitrogens with zero attached hydrogens (tertiary/aromatic N) is 2. The van der Waals surface area contributed by atoms with Crippen molar-refractivity contribution in [3.63, 3.8) is 0 Å². The molecule has 0 aliphatic rings. The number of fused-ring (bicyclic) bond motifs is 21. The number of aromatic nitrogens is 2. The first-order chi connectivity index (χ1) is 42.0. The summed E-state index contributed by atoms with van der Waals surface area (Å²) < 4.78 is 6.05. The van der Waals surface area contributed by atoms with Crippen LogP contribution in [0.3, 0.4) is 0 Å². The molecular formula is C80H46N2O2S. The molecular weight excluding hydrogens is 1050 g/mol. The van der Waals surface area contributed by atoms with Crippen molar-refractivity contribution in [1.29, 1.82) is 0 Å². The maximum atomic E-state index is 14.9. The molecule has 3 aromatic heterocycles. The summed E-state index contributed by atoms with van der Waals surface area (Å²) in [6.45, 7) is 0.